The second kappa shape index (κ2) is 5.59. The van der Waals surface area contributed by atoms with Crippen LogP contribution in [0.15, 0.2) is 18.2 Å². The zero-order chi connectivity index (χ0) is 14.6. The van der Waals surface area contributed by atoms with E-state index in [1.54, 1.807) is 0 Å². The lowest BCUT2D eigenvalue weighted by atomic mass is 10.1. The second-order valence-electron chi connectivity index (χ2n) is 4.31. The molecule has 1 rings (SSSR count). The molecule has 6 nitrogen and oxygen atoms in total. The maximum Gasteiger partial charge on any atom is 0.328 e. The van der Waals surface area contributed by atoms with Crippen LogP contribution in [0.3, 0.4) is 0 Å². The van der Waals surface area contributed by atoms with Crippen molar-refractivity contribution < 1.29 is 14.7 Å². The number of nitrogens with zero attached hydrogens (tertiary/aromatic N) is 1. The van der Waals surface area contributed by atoms with Crippen LogP contribution in [-0.4, -0.2) is 22.6 Å². The van der Waals surface area contributed by atoms with Crippen molar-refractivity contribution in [1.82, 2.24) is 5.32 Å². The molecule has 0 bridgehead atoms. The number of benzene rings is 1. The number of nitrogens with one attached hydrogen (secondary N) is 2. The lowest BCUT2D eigenvalue weighted by Crippen LogP contribution is -2.51. The van der Waals surface area contributed by atoms with Crippen molar-refractivity contribution in [3.63, 3.8) is 0 Å². The molecule has 0 aromatic heterocycles. The predicted molar refractivity (Wildman–Crippen MR) is 70.0 cm³/mol. The van der Waals surface area contributed by atoms with Crippen molar-refractivity contribution in [2.45, 2.75) is 19.4 Å². The molecule has 3 N–H and O–H groups in total. The molecule has 19 heavy (non-hydrogen) atoms. The van der Waals surface area contributed by atoms with Crippen LogP contribution in [0, 0.1) is 11.3 Å². The first-order valence-electron chi connectivity index (χ1n) is 5.28. The zero-order valence-electron chi connectivity index (χ0n) is 10.3. The molecule has 0 unspecified atom stereocenters. The molecule has 100 valence electrons. The average Bonchev–Trinajstić information content (AvgIpc) is 2.28. The van der Waals surface area contributed by atoms with Crippen LogP contribution in [0.1, 0.15) is 19.4 Å². The summed E-state index contributed by atoms with van der Waals surface area (Å²) in [4.78, 5) is 22.5. The highest BCUT2D eigenvalue weighted by molar-refractivity contribution is 6.31. The van der Waals surface area contributed by atoms with Gasteiger partial charge in [0, 0.05) is 5.02 Å². The van der Waals surface area contributed by atoms with E-state index in [9.17, 15) is 9.59 Å². The van der Waals surface area contributed by atoms with Crippen molar-refractivity contribution >= 4 is 29.3 Å². The molecule has 0 radical (unpaired) electrons. The van der Waals surface area contributed by atoms with E-state index in [-0.39, 0.29) is 11.3 Å². The third kappa shape index (κ3) is 3.86. The first kappa shape index (κ1) is 14.8. The second-order valence-corrected chi connectivity index (χ2v) is 4.75. The Hall–Kier alpha value is -2.26. The molecule has 1 aromatic carbocycles. The number of hydrogen-bond donors (Lipinski definition) is 3. The van der Waals surface area contributed by atoms with Gasteiger partial charge in [0.2, 0.25) is 0 Å². The van der Waals surface area contributed by atoms with Crippen molar-refractivity contribution in [1.29, 1.82) is 5.26 Å². The maximum absolute atomic E-state index is 11.7. The Labute approximate surface area is 115 Å². The number of carboxylic acids is 1. The Kier molecular flexibility index (Phi) is 4.35. The van der Waals surface area contributed by atoms with Crippen LogP contribution < -0.4 is 10.6 Å². The highest BCUT2D eigenvalue weighted by Gasteiger charge is 2.29. The first-order valence-corrected chi connectivity index (χ1v) is 5.66. The maximum atomic E-state index is 11.7. The summed E-state index contributed by atoms with van der Waals surface area (Å²) in [6.45, 7) is 2.69. The van der Waals surface area contributed by atoms with Gasteiger partial charge in [-0.2, -0.15) is 5.26 Å². The number of carbonyl (C=O) groups is 2. The molecule has 1 aromatic rings. The summed E-state index contributed by atoms with van der Waals surface area (Å²) in [6.07, 6.45) is 0. The van der Waals surface area contributed by atoms with E-state index in [0.29, 0.717) is 5.02 Å². The first-order chi connectivity index (χ1) is 8.76. The number of carbonyl (C=O) groups excluding carboxylic acids is 1. The van der Waals surface area contributed by atoms with Gasteiger partial charge in [0.15, 0.2) is 0 Å². The lowest BCUT2D eigenvalue weighted by Gasteiger charge is -2.21. The minimum absolute atomic E-state index is 0.216. The van der Waals surface area contributed by atoms with Crippen molar-refractivity contribution in [2.24, 2.45) is 0 Å². The molecule has 0 saturated heterocycles. The molecular weight excluding hydrogens is 270 g/mol. The van der Waals surface area contributed by atoms with Gasteiger partial charge in [-0.1, -0.05) is 11.6 Å². The molecule has 0 aliphatic heterocycles. The van der Waals surface area contributed by atoms with Gasteiger partial charge in [-0.3, -0.25) is 0 Å². The average molecular weight is 282 g/mol. The molecule has 0 aliphatic rings. The van der Waals surface area contributed by atoms with E-state index in [1.165, 1.54) is 32.0 Å². The molecule has 0 heterocycles. The molecule has 7 heteroatoms. The zero-order valence-corrected chi connectivity index (χ0v) is 11.1. The number of carboxylic acid groups (broad SMARTS) is 1. The predicted octanol–water partition coefficient (Wildman–Crippen LogP) is 2.20. The van der Waals surface area contributed by atoms with Gasteiger partial charge in [0.05, 0.1) is 11.3 Å². The fraction of sp³-hybridized carbons (Fsp3) is 0.250. The summed E-state index contributed by atoms with van der Waals surface area (Å²) < 4.78 is 0. The monoisotopic (exact) mass is 281 g/mol. The highest BCUT2D eigenvalue weighted by Crippen LogP contribution is 2.20. The van der Waals surface area contributed by atoms with Gasteiger partial charge >= 0.3 is 12.0 Å². The summed E-state index contributed by atoms with van der Waals surface area (Å²) in [5.41, 5.74) is -0.975. The number of halogens is 1. The fourth-order valence-corrected chi connectivity index (χ4v) is 1.38. The SMILES string of the molecule is CC(C)(NC(=O)Nc1cc(Cl)ccc1C#N)C(=O)O. The van der Waals surface area contributed by atoms with Gasteiger partial charge in [-0.25, -0.2) is 9.59 Å². The molecule has 0 saturated carbocycles. The van der Waals surface area contributed by atoms with Crippen LogP contribution >= 0.6 is 11.6 Å². The van der Waals surface area contributed by atoms with Crippen molar-refractivity contribution in [3.8, 4) is 6.07 Å². The van der Waals surface area contributed by atoms with E-state index in [4.69, 9.17) is 22.0 Å². The standard InChI is InChI=1S/C12H12ClN3O3/c1-12(2,10(17)18)16-11(19)15-9-5-8(13)4-3-7(9)6-14/h3-5H,1-2H3,(H,17,18)(H2,15,16,19). The smallest absolute Gasteiger partial charge is 0.328 e. The minimum atomic E-state index is -1.42. The van der Waals surface area contributed by atoms with Crippen LogP contribution in [0.5, 0.6) is 0 Å². The van der Waals surface area contributed by atoms with Gasteiger partial charge in [0.25, 0.3) is 0 Å². The summed E-state index contributed by atoms with van der Waals surface area (Å²) in [6, 6.07) is 5.55. The molecule has 0 aliphatic carbocycles. The van der Waals surface area contributed by atoms with Gasteiger partial charge in [-0.15, -0.1) is 0 Å². The molecule has 0 fully saturated rings. The summed E-state index contributed by atoms with van der Waals surface area (Å²) in [5.74, 6) is -1.17. The molecular formula is C12H12ClN3O3. The fourth-order valence-electron chi connectivity index (χ4n) is 1.21. The Balaban J connectivity index is 2.87. The lowest BCUT2D eigenvalue weighted by molar-refractivity contribution is -0.142. The Bertz CT molecular complexity index is 564. The Morgan fingerprint density at radius 3 is 2.58 bits per heavy atom. The number of amides is 2. The van der Waals surface area contributed by atoms with E-state index in [0.717, 1.165) is 0 Å². The summed E-state index contributed by atoms with van der Waals surface area (Å²) in [5, 5.41) is 22.8. The number of urea groups is 1. The molecule has 0 spiro atoms. The van der Waals surface area contributed by atoms with E-state index < -0.39 is 17.5 Å². The van der Waals surface area contributed by atoms with E-state index in [1.807, 2.05) is 6.07 Å². The normalized spacial score (nSPS) is 10.4. The van der Waals surface area contributed by atoms with E-state index in [2.05, 4.69) is 10.6 Å². The van der Waals surface area contributed by atoms with E-state index >= 15 is 0 Å². The highest BCUT2D eigenvalue weighted by atomic mass is 35.5. The molecule has 0 atom stereocenters. The molecule has 2 amide bonds. The van der Waals surface area contributed by atoms with Gasteiger partial charge in [-0.05, 0) is 32.0 Å². The third-order valence-electron chi connectivity index (χ3n) is 2.31. The van der Waals surface area contributed by atoms with Crippen molar-refractivity contribution in [2.75, 3.05) is 5.32 Å². The largest absolute Gasteiger partial charge is 0.480 e. The minimum Gasteiger partial charge on any atom is -0.480 e. The quantitative estimate of drug-likeness (QED) is 0.790. The number of aliphatic carboxylic acids is 1. The number of nitriles is 1. The summed E-state index contributed by atoms with van der Waals surface area (Å²) in [7, 11) is 0. The Morgan fingerprint density at radius 2 is 2.05 bits per heavy atom. The Morgan fingerprint density at radius 1 is 1.42 bits per heavy atom. The number of hydrogen-bond acceptors (Lipinski definition) is 3. The number of rotatable bonds is 3. The van der Waals surface area contributed by atoms with Crippen LogP contribution in [0.25, 0.3) is 0 Å². The van der Waals surface area contributed by atoms with Crippen molar-refractivity contribution in [3.05, 3.63) is 28.8 Å². The summed E-state index contributed by atoms with van der Waals surface area (Å²) >= 11 is 5.77. The topological polar surface area (TPSA) is 102 Å². The third-order valence-corrected chi connectivity index (χ3v) is 2.55. The number of anilines is 1. The van der Waals surface area contributed by atoms with Gasteiger partial charge < -0.3 is 15.7 Å². The van der Waals surface area contributed by atoms with Crippen LogP contribution in [-0.2, 0) is 4.79 Å². The van der Waals surface area contributed by atoms with Gasteiger partial charge in [0.1, 0.15) is 11.6 Å². The van der Waals surface area contributed by atoms with Crippen LogP contribution in [0.4, 0.5) is 10.5 Å². The van der Waals surface area contributed by atoms with Crippen LogP contribution in [0.2, 0.25) is 5.02 Å².